The molecule has 0 atom stereocenters. The number of nitrogens with one attached hydrogen (secondary N) is 1. The molecule has 7 nitrogen and oxygen atoms in total. The summed E-state index contributed by atoms with van der Waals surface area (Å²) in [5.41, 5.74) is 7.03. The van der Waals surface area contributed by atoms with Crippen molar-refractivity contribution in [2.24, 2.45) is 5.73 Å². The maximum absolute atomic E-state index is 13.1. The third kappa shape index (κ3) is 4.63. The van der Waals surface area contributed by atoms with Crippen molar-refractivity contribution in [2.75, 3.05) is 39.0 Å². The van der Waals surface area contributed by atoms with E-state index in [1.807, 2.05) is 31.1 Å². The summed E-state index contributed by atoms with van der Waals surface area (Å²) < 4.78 is 0. The molecule has 7 heteroatoms. The third-order valence-corrected chi connectivity index (χ3v) is 5.09. The number of nitrogens with two attached hydrogens (primary N) is 1. The highest BCUT2D eigenvalue weighted by molar-refractivity contribution is 6.26. The van der Waals surface area contributed by atoms with Gasteiger partial charge in [0.05, 0.1) is 5.56 Å². The Kier molecular flexibility index (Phi) is 6.61. The van der Waals surface area contributed by atoms with E-state index < -0.39 is 0 Å². The zero-order chi connectivity index (χ0) is 21.0. The lowest BCUT2D eigenvalue weighted by Gasteiger charge is -2.28. The van der Waals surface area contributed by atoms with Crippen molar-refractivity contribution in [2.45, 2.75) is 25.7 Å². The first-order valence-corrected chi connectivity index (χ1v) is 10.00. The van der Waals surface area contributed by atoms with E-state index in [-0.39, 0.29) is 17.7 Å². The van der Waals surface area contributed by atoms with Gasteiger partial charge in [-0.15, -0.1) is 0 Å². The van der Waals surface area contributed by atoms with Gasteiger partial charge in [0.2, 0.25) is 5.91 Å². The Morgan fingerprint density at radius 2 is 1.83 bits per heavy atom. The molecule has 154 valence electrons. The van der Waals surface area contributed by atoms with Crippen molar-refractivity contribution in [3.63, 3.8) is 0 Å². The number of nitrogens with zero attached hydrogens (tertiary/aromatic N) is 2. The molecule has 0 aromatic heterocycles. The standard InChI is InChI=1S/C22H28N4O3/c1-25(2)11-12-26-21(28)17-8-6-7-15-13-16(14-18(20(15)17)22(26)29)24-19(27)9-4-3-5-10-23/h6-8,13-14H,3-5,9-12,23H2,1-2H3,(H,24,27). The first kappa shape index (κ1) is 21.0. The second kappa shape index (κ2) is 9.15. The second-order valence-electron chi connectivity index (χ2n) is 7.64. The number of imide groups is 1. The third-order valence-electron chi connectivity index (χ3n) is 5.09. The van der Waals surface area contributed by atoms with E-state index in [0.29, 0.717) is 48.3 Å². The average molecular weight is 396 g/mol. The van der Waals surface area contributed by atoms with Gasteiger partial charge in [0.25, 0.3) is 11.8 Å². The summed E-state index contributed by atoms with van der Waals surface area (Å²) in [4.78, 5) is 41.4. The second-order valence-corrected chi connectivity index (χ2v) is 7.64. The SMILES string of the molecule is CN(C)CCN1C(=O)c2cccc3cc(NC(=O)CCCCCN)cc(c23)C1=O. The van der Waals surface area contributed by atoms with Gasteiger partial charge in [0.15, 0.2) is 0 Å². The number of benzene rings is 2. The van der Waals surface area contributed by atoms with Crippen LogP contribution in [0.15, 0.2) is 30.3 Å². The number of hydrogen-bond acceptors (Lipinski definition) is 5. The number of anilines is 1. The topological polar surface area (TPSA) is 95.7 Å². The van der Waals surface area contributed by atoms with Gasteiger partial charge in [-0.1, -0.05) is 18.6 Å². The normalized spacial score (nSPS) is 13.4. The molecule has 3 N–H and O–H groups in total. The van der Waals surface area contributed by atoms with Crippen LogP contribution in [0.25, 0.3) is 10.8 Å². The number of hydrogen-bond donors (Lipinski definition) is 2. The predicted molar refractivity (Wildman–Crippen MR) is 114 cm³/mol. The van der Waals surface area contributed by atoms with Crippen LogP contribution in [0.1, 0.15) is 46.4 Å². The average Bonchev–Trinajstić information content (AvgIpc) is 2.68. The largest absolute Gasteiger partial charge is 0.330 e. The molecule has 0 saturated carbocycles. The van der Waals surface area contributed by atoms with Crippen molar-refractivity contribution in [1.82, 2.24) is 9.80 Å². The molecule has 0 saturated heterocycles. The van der Waals surface area contributed by atoms with E-state index in [4.69, 9.17) is 5.73 Å². The smallest absolute Gasteiger partial charge is 0.261 e. The number of rotatable bonds is 9. The Bertz CT molecular complexity index is 939. The number of likely N-dealkylation sites (N-methyl/N-ethyl adjacent to an activating group) is 1. The summed E-state index contributed by atoms with van der Waals surface area (Å²) in [7, 11) is 3.80. The van der Waals surface area contributed by atoms with Crippen molar-refractivity contribution in [3.8, 4) is 0 Å². The Hall–Kier alpha value is -2.77. The maximum atomic E-state index is 13.1. The van der Waals surface area contributed by atoms with Gasteiger partial charge in [-0.25, -0.2) is 0 Å². The van der Waals surface area contributed by atoms with E-state index in [2.05, 4.69) is 5.32 Å². The van der Waals surface area contributed by atoms with Crippen LogP contribution in [-0.2, 0) is 4.79 Å². The lowest BCUT2D eigenvalue weighted by molar-refractivity contribution is -0.116. The number of unbranched alkanes of at least 4 members (excludes halogenated alkanes) is 2. The monoisotopic (exact) mass is 396 g/mol. The first-order valence-electron chi connectivity index (χ1n) is 10.00. The lowest BCUT2D eigenvalue weighted by Crippen LogP contribution is -2.43. The van der Waals surface area contributed by atoms with Crippen LogP contribution in [-0.4, -0.2) is 61.3 Å². The zero-order valence-electron chi connectivity index (χ0n) is 17.0. The van der Waals surface area contributed by atoms with Crippen molar-refractivity contribution in [3.05, 3.63) is 41.5 Å². The number of carbonyl (C=O) groups excluding carboxylic acids is 3. The van der Waals surface area contributed by atoms with Gasteiger partial charge < -0.3 is 16.0 Å². The van der Waals surface area contributed by atoms with Crippen molar-refractivity contribution in [1.29, 1.82) is 0 Å². The van der Waals surface area contributed by atoms with Gasteiger partial charge in [0.1, 0.15) is 0 Å². The van der Waals surface area contributed by atoms with E-state index in [1.165, 1.54) is 4.90 Å². The molecule has 0 bridgehead atoms. The molecular weight excluding hydrogens is 368 g/mol. The van der Waals surface area contributed by atoms with Gasteiger partial charge in [-0.2, -0.15) is 0 Å². The summed E-state index contributed by atoms with van der Waals surface area (Å²) in [6.07, 6.45) is 3.01. The van der Waals surface area contributed by atoms with Crippen LogP contribution in [0, 0.1) is 0 Å². The summed E-state index contributed by atoms with van der Waals surface area (Å²) in [6.45, 7) is 1.53. The number of amides is 3. The van der Waals surface area contributed by atoms with Gasteiger partial charge in [0, 0.05) is 36.1 Å². The fraction of sp³-hybridized carbons (Fsp3) is 0.409. The molecule has 1 heterocycles. The highest BCUT2D eigenvalue weighted by atomic mass is 16.2. The summed E-state index contributed by atoms with van der Waals surface area (Å²) >= 11 is 0. The van der Waals surface area contributed by atoms with E-state index >= 15 is 0 Å². The van der Waals surface area contributed by atoms with Crippen molar-refractivity contribution < 1.29 is 14.4 Å². The highest BCUT2D eigenvalue weighted by Crippen LogP contribution is 2.32. The Morgan fingerprint density at radius 1 is 1.07 bits per heavy atom. The van der Waals surface area contributed by atoms with Gasteiger partial charge in [-0.05, 0) is 57.1 Å². The fourth-order valence-corrected chi connectivity index (χ4v) is 3.56. The molecule has 0 aliphatic carbocycles. The summed E-state index contributed by atoms with van der Waals surface area (Å²) in [6, 6.07) is 8.91. The van der Waals surface area contributed by atoms with Crippen molar-refractivity contribution >= 4 is 34.2 Å². The Morgan fingerprint density at radius 3 is 2.55 bits per heavy atom. The van der Waals surface area contributed by atoms with E-state index in [9.17, 15) is 14.4 Å². The Labute approximate surface area is 170 Å². The summed E-state index contributed by atoms with van der Waals surface area (Å²) in [5, 5.41) is 4.32. The lowest BCUT2D eigenvalue weighted by atomic mass is 9.93. The molecule has 3 amide bonds. The maximum Gasteiger partial charge on any atom is 0.261 e. The summed E-state index contributed by atoms with van der Waals surface area (Å²) in [5.74, 6) is -0.681. The highest BCUT2D eigenvalue weighted by Gasteiger charge is 2.33. The molecule has 0 radical (unpaired) electrons. The van der Waals surface area contributed by atoms with Crippen LogP contribution in [0.4, 0.5) is 5.69 Å². The van der Waals surface area contributed by atoms with Crippen LogP contribution in [0.3, 0.4) is 0 Å². The minimum atomic E-state index is -0.320. The molecule has 0 unspecified atom stereocenters. The molecule has 1 aliphatic rings. The zero-order valence-corrected chi connectivity index (χ0v) is 17.0. The van der Waals surface area contributed by atoms with Gasteiger partial charge in [-0.3, -0.25) is 19.3 Å². The molecule has 3 rings (SSSR count). The molecule has 0 spiro atoms. The quantitative estimate of drug-likeness (QED) is 0.501. The Balaban J connectivity index is 1.88. The van der Waals surface area contributed by atoms with E-state index in [1.54, 1.807) is 18.2 Å². The molecule has 2 aromatic rings. The first-order chi connectivity index (χ1) is 13.9. The predicted octanol–water partition coefficient (Wildman–Crippen LogP) is 2.46. The minimum absolute atomic E-state index is 0.0893. The van der Waals surface area contributed by atoms with Crippen LogP contribution in [0.5, 0.6) is 0 Å². The molecule has 2 aromatic carbocycles. The number of carbonyl (C=O) groups is 3. The molecule has 0 fully saturated rings. The minimum Gasteiger partial charge on any atom is -0.330 e. The molecule has 29 heavy (non-hydrogen) atoms. The fourth-order valence-electron chi connectivity index (χ4n) is 3.56. The van der Waals surface area contributed by atoms with Crippen LogP contribution < -0.4 is 11.1 Å². The molecular formula is C22H28N4O3. The van der Waals surface area contributed by atoms with Gasteiger partial charge >= 0.3 is 0 Å². The van der Waals surface area contributed by atoms with E-state index in [0.717, 1.165) is 24.6 Å². The van der Waals surface area contributed by atoms with Crippen LogP contribution >= 0.6 is 0 Å². The molecule has 1 aliphatic heterocycles. The van der Waals surface area contributed by atoms with Crippen LogP contribution in [0.2, 0.25) is 0 Å².